The summed E-state index contributed by atoms with van der Waals surface area (Å²) in [5.41, 5.74) is 1.51. The number of hydrogen-bond acceptors (Lipinski definition) is 6. The quantitative estimate of drug-likeness (QED) is 0.545. The van der Waals surface area contributed by atoms with Crippen LogP contribution in [0, 0.1) is 0 Å². The van der Waals surface area contributed by atoms with Gasteiger partial charge in [0.2, 0.25) is 10.0 Å². The first-order chi connectivity index (χ1) is 14.2. The lowest BCUT2D eigenvalue weighted by Gasteiger charge is -2.23. The van der Waals surface area contributed by atoms with E-state index < -0.39 is 20.1 Å². The standard InChI is InChI=1S/C21H25NO6S2/c1-29(23,24)28-20-11-9-19(10-12-20)16-22(17-21-8-5-14-27-21)30(25,26)15-13-18-6-3-2-4-7-18/h2-4,6-7,9-13,15,21H,5,8,14,16-17H2,1H3. The fourth-order valence-electron chi connectivity index (χ4n) is 3.12. The predicted octanol–water partition coefficient (Wildman–Crippen LogP) is 3.01. The van der Waals surface area contributed by atoms with Crippen molar-refractivity contribution in [3.05, 3.63) is 71.1 Å². The van der Waals surface area contributed by atoms with Gasteiger partial charge in [-0.1, -0.05) is 42.5 Å². The molecule has 1 aliphatic heterocycles. The molecule has 0 aromatic heterocycles. The summed E-state index contributed by atoms with van der Waals surface area (Å²) in [6, 6.07) is 15.5. The molecule has 3 rings (SSSR count). The van der Waals surface area contributed by atoms with Crippen LogP contribution in [0.4, 0.5) is 0 Å². The summed E-state index contributed by atoms with van der Waals surface area (Å²) >= 11 is 0. The van der Waals surface area contributed by atoms with Gasteiger partial charge in [0.1, 0.15) is 5.75 Å². The molecule has 1 fully saturated rings. The van der Waals surface area contributed by atoms with Crippen molar-refractivity contribution >= 4 is 26.2 Å². The van der Waals surface area contributed by atoms with Gasteiger partial charge in [-0.05, 0) is 42.2 Å². The maximum atomic E-state index is 13.0. The molecule has 1 saturated heterocycles. The average Bonchev–Trinajstić information content (AvgIpc) is 3.20. The fraction of sp³-hybridized carbons (Fsp3) is 0.333. The van der Waals surface area contributed by atoms with Gasteiger partial charge in [0.25, 0.3) is 0 Å². The summed E-state index contributed by atoms with van der Waals surface area (Å²) in [5.74, 6) is 0.179. The molecule has 0 amide bonds. The van der Waals surface area contributed by atoms with Crippen LogP contribution in [0.1, 0.15) is 24.0 Å². The maximum Gasteiger partial charge on any atom is 0.306 e. The van der Waals surface area contributed by atoms with Crippen molar-refractivity contribution < 1.29 is 25.8 Å². The van der Waals surface area contributed by atoms with E-state index in [-0.39, 0.29) is 24.9 Å². The van der Waals surface area contributed by atoms with E-state index in [1.165, 1.54) is 21.8 Å². The number of rotatable bonds is 9. The van der Waals surface area contributed by atoms with Gasteiger partial charge < -0.3 is 8.92 Å². The average molecular weight is 452 g/mol. The summed E-state index contributed by atoms with van der Waals surface area (Å²) in [6.45, 7) is 1.03. The van der Waals surface area contributed by atoms with E-state index in [1.54, 1.807) is 18.2 Å². The molecule has 1 unspecified atom stereocenters. The molecule has 2 aromatic carbocycles. The van der Waals surface area contributed by atoms with E-state index in [4.69, 9.17) is 8.92 Å². The normalized spacial score (nSPS) is 17.6. The van der Waals surface area contributed by atoms with E-state index in [0.717, 1.165) is 24.7 Å². The number of hydrogen-bond donors (Lipinski definition) is 0. The molecule has 30 heavy (non-hydrogen) atoms. The van der Waals surface area contributed by atoms with E-state index >= 15 is 0 Å². The van der Waals surface area contributed by atoms with E-state index in [1.807, 2.05) is 30.3 Å². The number of ether oxygens (including phenoxy) is 1. The Kier molecular flexibility index (Phi) is 7.30. The Morgan fingerprint density at radius 2 is 1.77 bits per heavy atom. The number of nitrogens with zero attached hydrogens (tertiary/aromatic N) is 1. The molecule has 7 nitrogen and oxygen atoms in total. The molecule has 0 spiro atoms. The third kappa shape index (κ3) is 6.94. The molecule has 9 heteroatoms. The number of sulfonamides is 1. The van der Waals surface area contributed by atoms with Crippen LogP contribution in [0.5, 0.6) is 5.75 Å². The zero-order chi connectivity index (χ0) is 21.6. The van der Waals surface area contributed by atoms with Gasteiger partial charge in [0.05, 0.1) is 12.4 Å². The van der Waals surface area contributed by atoms with Gasteiger partial charge in [0, 0.05) is 25.1 Å². The summed E-state index contributed by atoms with van der Waals surface area (Å²) in [7, 11) is -7.32. The summed E-state index contributed by atoms with van der Waals surface area (Å²) in [4.78, 5) is 0. The van der Waals surface area contributed by atoms with Crippen molar-refractivity contribution in [1.82, 2.24) is 4.31 Å². The Hall–Kier alpha value is -2.20. The maximum absolute atomic E-state index is 13.0. The molecule has 0 radical (unpaired) electrons. The lowest BCUT2D eigenvalue weighted by atomic mass is 10.2. The highest BCUT2D eigenvalue weighted by atomic mass is 32.2. The van der Waals surface area contributed by atoms with Crippen molar-refractivity contribution in [1.29, 1.82) is 0 Å². The first-order valence-electron chi connectivity index (χ1n) is 9.54. The molecular formula is C21H25NO6S2. The minimum absolute atomic E-state index is 0.139. The Balaban J connectivity index is 1.78. The van der Waals surface area contributed by atoms with Gasteiger partial charge in [-0.2, -0.15) is 12.7 Å². The molecule has 1 atom stereocenters. The monoisotopic (exact) mass is 451 g/mol. The minimum Gasteiger partial charge on any atom is -0.383 e. The number of benzene rings is 2. The van der Waals surface area contributed by atoms with Gasteiger partial charge in [-0.3, -0.25) is 0 Å². The molecule has 0 bridgehead atoms. The smallest absolute Gasteiger partial charge is 0.306 e. The van der Waals surface area contributed by atoms with E-state index in [9.17, 15) is 16.8 Å². The highest BCUT2D eigenvalue weighted by Crippen LogP contribution is 2.21. The van der Waals surface area contributed by atoms with Crippen LogP contribution in [0.15, 0.2) is 60.0 Å². The third-order valence-electron chi connectivity index (χ3n) is 4.55. The van der Waals surface area contributed by atoms with Crippen LogP contribution in [-0.4, -0.2) is 46.7 Å². The van der Waals surface area contributed by atoms with Crippen LogP contribution >= 0.6 is 0 Å². The van der Waals surface area contributed by atoms with E-state index in [0.29, 0.717) is 12.2 Å². The Morgan fingerprint density at radius 1 is 1.07 bits per heavy atom. The van der Waals surface area contributed by atoms with Crippen LogP contribution in [0.2, 0.25) is 0 Å². The van der Waals surface area contributed by atoms with Crippen LogP contribution < -0.4 is 4.18 Å². The fourth-order valence-corrected chi connectivity index (χ4v) is 4.78. The van der Waals surface area contributed by atoms with Crippen LogP contribution in [-0.2, 0) is 31.4 Å². The predicted molar refractivity (Wildman–Crippen MR) is 116 cm³/mol. The molecular weight excluding hydrogens is 426 g/mol. The largest absolute Gasteiger partial charge is 0.383 e. The summed E-state index contributed by atoms with van der Waals surface area (Å²) in [6.07, 6.45) is 4.13. The second-order valence-electron chi connectivity index (χ2n) is 7.12. The molecule has 0 aliphatic carbocycles. The first kappa shape index (κ1) is 22.5. The summed E-state index contributed by atoms with van der Waals surface area (Å²) < 4.78 is 60.4. The van der Waals surface area contributed by atoms with Crippen molar-refractivity contribution in [2.75, 3.05) is 19.4 Å². The van der Waals surface area contributed by atoms with Crippen molar-refractivity contribution in [3.63, 3.8) is 0 Å². The molecule has 162 valence electrons. The zero-order valence-electron chi connectivity index (χ0n) is 16.7. The van der Waals surface area contributed by atoms with Crippen LogP contribution in [0.25, 0.3) is 6.08 Å². The van der Waals surface area contributed by atoms with Crippen molar-refractivity contribution in [2.24, 2.45) is 0 Å². The van der Waals surface area contributed by atoms with E-state index in [2.05, 4.69) is 0 Å². The minimum atomic E-state index is -3.70. The third-order valence-corrected chi connectivity index (χ3v) is 6.53. The topological polar surface area (TPSA) is 90.0 Å². The molecule has 2 aromatic rings. The van der Waals surface area contributed by atoms with Gasteiger partial charge >= 0.3 is 10.1 Å². The first-order valence-corrected chi connectivity index (χ1v) is 12.9. The molecule has 0 saturated carbocycles. The SMILES string of the molecule is CS(=O)(=O)Oc1ccc(CN(CC2CCCO2)S(=O)(=O)C=Cc2ccccc2)cc1. The second kappa shape index (κ2) is 9.74. The Labute approximate surface area is 178 Å². The lowest BCUT2D eigenvalue weighted by molar-refractivity contribution is 0.0929. The Morgan fingerprint density at radius 3 is 2.37 bits per heavy atom. The molecule has 1 heterocycles. The summed E-state index contributed by atoms with van der Waals surface area (Å²) in [5, 5.41) is 1.21. The molecule has 0 N–H and O–H groups in total. The molecule has 1 aliphatic rings. The highest BCUT2D eigenvalue weighted by Gasteiger charge is 2.26. The second-order valence-corrected chi connectivity index (χ2v) is 10.5. The van der Waals surface area contributed by atoms with Gasteiger partial charge in [0.15, 0.2) is 0 Å². The Bertz CT molecular complexity index is 1060. The van der Waals surface area contributed by atoms with Gasteiger partial charge in [-0.25, -0.2) is 8.42 Å². The van der Waals surface area contributed by atoms with Gasteiger partial charge in [-0.15, -0.1) is 0 Å². The van der Waals surface area contributed by atoms with Crippen molar-refractivity contribution in [2.45, 2.75) is 25.5 Å². The highest BCUT2D eigenvalue weighted by molar-refractivity contribution is 7.92. The van der Waals surface area contributed by atoms with Crippen LogP contribution in [0.3, 0.4) is 0 Å². The van der Waals surface area contributed by atoms with Crippen molar-refractivity contribution in [3.8, 4) is 5.75 Å². The zero-order valence-corrected chi connectivity index (χ0v) is 18.3. The lowest BCUT2D eigenvalue weighted by Crippen LogP contribution is -2.35.